The summed E-state index contributed by atoms with van der Waals surface area (Å²) >= 11 is 0. The molecule has 0 radical (unpaired) electrons. The van der Waals surface area contributed by atoms with E-state index in [1.807, 2.05) is 6.21 Å². The van der Waals surface area contributed by atoms with Gasteiger partial charge in [-0.05, 0) is 62.5 Å². The van der Waals surface area contributed by atoms with Crippen LogP contribution < -0.4 is 0 Å². The lowest BCUT2D eigenvalue weighted by Gasteiger charge is -1.99. The minimum absolute atomic E-state index is 1.08. The molecule has 0 saturated heterocycles. The van der Waals surface area contributed by atoms with Crippen LogP contribution in [0.2, 0.25) is 0 Å². The van der Waals surface area contributed by atoms with E-state index in [-0.39, 0.29) is 0 Å². The van der Waals surface area contributed by atoms with Gasteiger partial charge in [-0.1, -0.05) is 6.92 Å². The smallest absolute Gasteiger partial charge is 0.0682 e. The molecular weight excluding hydrogens is 208 g/mol. The molecule has 90 valence electrons. The summed E-state index contributed by atoms with van der Waals surface area (Å²) in [6, 6.07) is 0. The molecule has 1 N–H and O–H groups in total. The van der Waals surface area contributed by atoms with Crippen LogP contribution in [0, 0.1) is 13.8 Å². The van der Waals surface area contributed by atoms with Gasteiger partial charge >= 0.3 is 0 Å². The van der Waals surface area contributed by atoms with Gasteiger partial charge in [-0.25, -0.2) is 0 Å². The number of hydrogen-bond donors (Lipinski definition) is 1. The van der Waals surface area contributed by atoms with E-state index >= 15 is 0 Å². The van der Waals surface area contributed by atoms with Crippen molar-refractivity contribution in [1.29, 1.82) is 0 Å². The third-order valence-electron chi connectivity index (χ3n) is 3.64. The lowest BCUT2D eigenvalue weighted by atomic mass is 10.1. The molecule has 2 heterocycles. The second-order valence-corrected chi connectivity index (χ2v) is 4.72. The quantitative estimate of drug-likeness (QED) is 0.793. The Morgan fingerprint density at radius 1 is 1.24 bits per heavy atom. The summed E-state index contributed by atoms with van der Waals surface area (Å²) in [5.74, 6) is 0. The lowest BCUT2D eigenvalue weighted by Crippen LogP contribution is -1.84. The highest BCUT2D eigenvalue weighted by Gasteiger charge is 2.12. The summed E-state index contributed by atoms with van der Waals surface area (Å²) in [5.41, 5.74) is 8.86. The monoisotopic (exact) mass is 228 g/mol. The van der Waals surface area contributed by atoms with Crippen LogP contribution in [0.5, 0.6) is 0 Å². The van der Waals surface area contributed by atoms with Crippen molar-refractivity contribution >= 4 is 12.3 Å². The molecule has 2 nitrogen and oxygen atoms in total. The summed E-state index contributed by atoms with van der Waals surface area (Å²) in [7, 11) is 0. The fourth-order valence-electron chi connectivity index (χ4n) is 2.33. The molecule has 2 rings (SSSR count). The molecule has 1 aromatic rings. The van der Waals surface area contributed by atoms with Crippen LogP contribution in [0.25, 0.3) is 6.08 Å². The van der Waals surface area contributed by atoms with E-state index in [4.69, 9.17) is 0 Å². The van der Waals surface area contributed by atoms with Gasteiger partial charge in [0.25, 0.3) is 0 Å². The molecule has 17 heavy (non-hydrogen) atoms. The average molecular weight is 228 g/mol. The van der Waals surface area contributed by atoms with E-state index < -0.39 is 0 Å². The minimum Gasteiger partial charge on any atom is -0.359 e. The molecule has 1 aliphatic heterocycles. The first-order chi connectivity index (χ1) is 8.04. The molecule has 0 saturated carbocycles. The lowest BCUT2D eigenvalue weighted by molar-refractivity contribution is 1.08. The van der Waals surface area contributed by atoms with Crippen LogP contribution in [0.1, 0.15) is 43.3 Å². The number of rotatable bonds is 2. The molecule has 0 aromatic carbocycles. The van der Waals surface area contributed by atoms with E-state index in [1.165, 1.54) is 33.7 Å². The van der Waals surface area contributed by atoms with Crippen molar-refractivity contribution in [2.24, 2.45) is 4.99 Å². The molecule has 0 unspecified atom stereocenters. The van der Waals surface area contributed by atoms with Crippen LogP contribution in [-0.4, -0.2) is 11.2 Å². The van der Waals surface area contributed by atoms with Crippen molar-refractivity contribution in [3.8, 4) is 0 Å². The summed E-state index contributed by atoms with van der Waals surface area (Å²) < 4.78 is 0. The highest BCUT2D eigenvalue weighted by atomic mass is 14.8. The normalized spacial score (nSPS) is 17.6. The number of H-pyrrole nitrogens is 1. The van der Waals surface area contributed by atoms with Crippen molar-refractivity contribution in [2.75, 3.05) is 0 Å². The number of aromatic nitrogens is 1. The predicted molar refractivity (Wildman–Crippen MR) is 74.5 cm³/mol. The summed E-state index contributed by atoms with van der Waals surface area (Å²) in [5, 5.41) is 0. The largest absolute Gasteiger partial charge is 0.359 e. The van der Waals surface area contributed by atoms with Crippen LogP contribution in [0.15, 0.2) is 21.8 Å². The zero-order valence-corrected chi connectivity index (χ0v) is 11.3. The third-order valence-corrected chi connectivity index (χ3v) is 3.64. The van der Waals surface area contributed by atoms with E-state index in [2.05, 4.69) is 50.7 Å². The zero-order valence-electron chi connectivity index (χ0n) is 11.3. The number of nitrogens with one attached hydrogen (secondary N) is 1. The molecule has 1 aromatic heterocycles. The first-order valence-corrected chi connectivity index (χ1v) is 6.16. The number of aliphatic imine (C=N–C) groups is 1. The van der Waals surface area contributed by atoms with Gasteiger partial charge in [-0.3, -0.25) is 4.99 Å². The SMILES string of the molecule is CCc1c(C)[nH]c(/C=C2\N=CC(C)=C2C)c1C. The fraction of sp³-hybridized carbons (Fsp3) is 0.400. The van der Waals surface area contributed by atoms with Crippen molar-refractivity contribution in [1.82, 2.24) is 4.98 Å². The molecule has 0 aliphatic carbocycles. The number of nitrogens with zero attached hydrogens (tertiary/aromatic N) is 1. The number of aromatic amines is 1. The Balaban J connectivity index is 2.45. The zero-order chi connectivity index (χ0) is 12.6. The van der Waals surface area contributed by atoms with Gasteiger partial charge in [0.2, 0.25) is 0 Å². The molecular formula is C15H20N2. The molecule has 0 fully saturated rings. The maximum atomic E-state index is 4.44. The van der Waals surface area contributed by atoms with Gasteiger partial charge in [0.05, 0.1) is 5.70 Å². The Hall–Kier alpha value is -1.57. The third kappa shape index (κ3) is 1.99. The Bertz CT molecular complexity index is 540. The van der Waals surface area contributed by atoms with Crippen molar-refractivity contribution in [3.05, 3.63) is 39.4 Å². The Morgan fingerprint density at radius 3 is 2.41 bits per heavy atom. The Labute approximate surface area is 103 Å². The number of aryl methyl sites for hydroxylation is 1. The molecule has 0 bridgehead atoms. The van der Waals surface area contributed by atoms with Crippen molar-refractivity contribution in [2.45, 2.75) is 41.0 Å². The topological polar surface area (TPSA) is 28.1 Å². The van der Waals surface area contributed by atoms with Crippen molar-refractivity contribution in [3.63, 3.8) is 0 Å². The minimum atomic E-state index is 1.08. The molecule has 0 atom stereocenters. The second-order valence-electron chi connectivity index (χ2n) is 4.72. The number of allylic oxidation sites excluding steroid dienone is 2. The van der Waals surface area contributed by atoms with Gasteiger partial charge < -0.3 is 4.98 Å². The van der Waals surface area contributed by atoms with Crippen LogP contribution >= 0.6 is 0 Å². The first-order valence-electron chi connectivity index (χ1n) is 6.16. The summed E-state index contributed by atoms with van der Waals surface area (Å²) in [4.78, 5) is 7.89. The van der Waals surface area contributed by atoms with Crippen LogP contribution in [0.3, 0.4) is 0 Å². The van der Waals surface area contributed by atoms with E-state index in [0.717, 1.165) is 12.1 Å². The fourth-order valence-corrected chi connectivity index (χ4v) is 2.33. The standard InChI is InChI=1S/C15H20N2/c1-6-13-11(4)15(17-12(13)5)7-14-10(3)9(2)8-16-14/h7-8,17H,6H2,1-5H3/b14-7-. The van der Waals surface area contributed by atoms with Gasteiger partial charge in [0.1, 0.15) is 0 Å². The Kier molecular flexibility index (Phi) is 3.05. The van der Waals surface area contributed by atoms with Gasteiger partial charge in [-0.15, -0.1) is 0 Å². The van der Waals surface area contributed by atoms with Crippen LogP contribution in [-0.2, 0) is 6.42 Å². The highest BCUT2D eigenvalue weighted by molar-refractivity contribution is 5.87. The summed E-state index contributed by atoms with van der Waals surface area (Å²) in [6.45, 7) is 10.7. The van der Waals surface area contributed by atoms with Crippen LogP contribution in [0.4, 0.5) is 0 Å². The maximum Gasteiger partial charge on any atom is 0.0682 e. The van der Waals surface area contributed by atoms with Gasteiger partial charge in [-0.2, -0.15) is 0 Å². The van der Waals surface area contributed by atoms with E-state index in [9.17, 15) is 0 Å². The van der Waals surface area contributed by atoms with Gasteiger partial charge in [0.15, 0.2) is 0 Å². The molecule has 0 spiro atoms. The van der Waals surface area contributed by atoms with Crippen molar-refractivity contribution < 1.29 is 0 Å². The van der Waals surface area contributed by atoms with Gasteiger partial charge in [0, 0.05) is 17.6 Å². The molecule has 0 amide bonds. The highest BCUT2D eigenvalue weighted by Crippen LogP contribution is 2.26. The Morgan fingerprint density at radius 2 is 1.94 bits per heavy atom. The molecule has 2 heteroatoms. The van der Waals surface area contributed by atoms with E-state index in [1.54, 1.807) is 0 Å². The number of hydrogen-bond acceptors (Lipinski definition) is 1. The average Bonchev–Trinajstić information content (AvgIpc) is 2.74. The first kappa shape index (κ1) is 11.9. The summed E-state index contributed by atoms with van der Waals surface area (Å²) in [6.07, 6.45) is 5.17. The second kappa shape index (κ2) is 4.36. The predicted octanol–water partition coefficient (Wildman–Crippen LogP) is 3.96. The molecule has 1 aliphatic rings. The maximum absolute atomic E-state index is 4.44. The van der Waals surface area contributed by atoms with E-state index in [0.29, 0.717) is 0 Å².